The largest absolute Gasteiger partial charge is 0.383 e. The summed E-state index contributed by atoms with van der Waals surface area (Å²) in [5.41, 5.74) is 12.6. The minimum absolute atomic E-state index is 0.289. The molecule has 84 valence electrons. The summed E-state index contributed by atoms with van der Waals surface area (Å²) in [6.45, 7) is 0. The van der Waals surface area contributed by atoms with Crippen LogP contribution in [-0.2, 0) is 0 Å². The Morgan fingerprint density at radius 2 is 2.19 bits per heavy atom. The van der Waals surface area contributed by atoms with Gasteiger partial charge in [0.25, 0.3) is 0 Å². The van der Waals surface area contributed by atoms with Gasteiger partial charge in [0.15, 0.2) is 0 Å². The van der Waals surface area contributed by atoms with E-state index >= 15 is 0 Å². The van der Waals surface area contributed by atoms with Crippen LogP contribution in [0, 0.1) is 0 Å². The van der Waals surface area contributed by atoms with Crippen LogP contribution in [0.15, 0.2) is 28.2 Å². The van der Waals surface area contributed by atoms with Gasteiger partial charge in [0.05, 0.1) is 11.1 Å². The minimum atomic E-state index is -0.289. The smallest absolute Gasteiger partial charge is 0.128 e. The van der Waals surface area contributed by atoms with Crippen LogP contribution in [0.5, 0.6) is 0 Å². The topological polar surface area (TPSA) is 64.9 Å². The molecule has 0 aliphatic rings. The van der Waals surface area contributed by atoms with Gasteiger partial charge in [0.1, 0.15) is 5.82 Å². The number of hydrogen-bond acceptors (Lipinski definition) is 4. The molecule has 1 unspecified atom stereocenters. The van der Waals surface area contributed by atoms with Crippen LogP contribution in [0.1, 0.15) is 16.5 Å². The molecule has 3 nitrogen and oxygen atoms in total. The van der Waals surface area contributed by atoms with Gasteiger partial charge in [-0.25, -0.2) is 4.98 Å². The number of hydrogen-bond donors (Lipinski definition) is 2. The highest BCUT2D eigenvalue weighted by atomic mass is 79.9. The quantitative estimate of drug-likeness (QED) is 0.893. The highest BCUT2D eigenvalue weighted by Gasteiger charge is 2.15. The van der Waals surface area contributed by atoms with Crippen molar-refractivity contribution in [1.82, 2.24) is 4.98 Å². The number of rotatable bonds is 2. The summed E-state index contributed by atoms with van der Waals surface area (Å²) in [6.07, 6.45) is 1.51. The predicted molar refractivity (Wildman–Crippen MR) is 71.7 cm³/mol. The molecule has 0 bridgehead atoms. The molecule has 1 atom stereocenters. The highest BCUT2D eigenvalue weighted by Crippen LogP contribution is 2.31. The molecular formula is C10H9BrClN3S. The van der Waals surface area contributed by atoms with Crippen LogP contribution in [0.3, 0.4) is 0 Å². The van der Waals surface area contributed by atoms with Gasteiger partial charge >= 0.3 is 0 Å². The average Bonchev–Trinajstić information content (AvgIpc) is 2.67. The highest BCUT2D eigenvalue weighted by molar-refractivity contribution is 9.10. The van der Waals surface area contributed by atoms with Crippen molar-refractivity contribution in [3.05, 3.63) is 43.6 Å². The zero-order valence-electron chi connectivity index (χ0n) is 8.15. The lowest BCUT2D eigenvalue weighted by Gasteiger charge is -2.12. The fraction of sp³-hybridized carbons (Fsp3) is 0.100. The van der Waals surface area contributed by atoms with E-state index in [0.717, 1.165) is 14.9 Å². The van der Waals surface area contributed by atoms with E-state index in [4.69, 9.17) is 23.1 Å². The lowest BCUT2D eigenvalue weighted by atomic mass is 10.1. The normalized spacial score (nSPS) is 12.7. The van der Waals surface area contributed by atoms with Crippen molar-refractivity contribution in [1.29, 1.82) is 0 Å². The summed E-state index contributed by atoms with van der Waals surface area (Å²) >= 11 is 10.8. The molecule has 0 saturated carbocycles. The molecule has 0 aliphatic heterocycles. The fourth-order valence-electron chi connectivity index (χ4n) is 1.36. The Kier molecular flexibility index (Phi) is 3.49. The number of nitrogen functional groups attached to an aromatic ring is 1. The molecule has 0 saturated heterocycles. The maximum atomic E-state index is 6.11. The molecule has 0 amide bonds. The second-order valence-corrected chi connectivity index (χ2v) is 5.57. The van der Waals surface area contributed by atoms with Crippen LogP contribution >= 0.6 is 38.9 Å². The second kappa shape index (κ2) is 4.71. The third kappa shape index (κ3) is 2.38. The lowest BCUT2D eigenvalue weighted by Crippen LogP contribution is -2.13. The van der Waals surface area contributed by atoms with Crippen molar-refractivity contribution in [2.24, 2.45) is 5.73 Å². The zero-order valence-corrected chi connectivity index (χ0v) is 11.3. The van der Waals surface area contributed by atoms with Gasteiger partial charge in [-0.2, -0.15) is 0 Å². The molecule has 16 heavy (non-hydrogen) atoms. The van der Waals surface area contributed by atoms with Crippen LogP contribution in [0.2, 0.25) is 5.02 Å². The summed E-state index contributed by atoms with van der Waals surface area (Å²) in [6, 6.07) is 3.43. The molecule has 0 fully saturated rings. The van der Waals surface area contributed by atoms with Gasteiger partial charge in [-0.15, -0.1) is 11.3 Å². The number of pyridine rings is 1. The molecule has 6 heteroatoms. The fourth-order valence-corrected chi connectivity index (χ4v) is 2.99. The molecule has 4 N–H and O–H groups in total. The van der Waals surface area contributed by atoms with Crippen LogP contribution in [0.4, 0.5) is 5.82 Å². The Morgan fingerprint density at radius 3 is 2.81 bits per heavy atom. The van der Waals surface area contributed by atoms with Crippen LogP contribution in [0.25, 0.3) is 0 Å². The van der Waals surface area contributed by atoms with Crippen molar-refractivity contribution in [2.75, 3.05) is 5.73 Å². The summed E-state index contributed by atoms with van der Waals surface area (Å²) < 4.78 is 1.01. The van der Waals surface area contributed by atoms with Crippen molar-refractivity contribution < 1.29 is 0 Å². The standard InChI is InChI=1S/C10H9BrClN3S/c11-5-1-8(16-4-5)9(13)7-2-6(12)3-15-10(7)14/h1-4,9H,13H2,(H2,14,15). The van der Waals surface area contributed by atoms with E-state index in [0.29, 0.717) is 10.8 Å². The van der Waals surface area contributed by atoms with Gasteiger partial charge in [-0.05, 0) is 28.1 Å². The maximum absolute atomic E-state index is 6.11. The van der Waals surface area contributed by atoms with Gasteiger partial charge in [-0.1, -0.05) is 11.6 Å². The number of aromatic nitrogens is 1. The van der Waals surface area contributed by atoms with E-state index < -0.39 is 0 Å². The molecular weight excluding hydrogens is 310 g/mol. The van der Waals surface area contributed by atoms with Crippen molar-refractivity contribution in [3.63, 3.8) is 0 Å². The van der Waals surface area contributed by atoms with Crippen LogP contribution in [-0.4, -0.2) is 4.98 Å². The molecule has 0 aromatic carbocycles. The number of anilines is 1. The SMILES string of the molecule is Nc1ncc(Cl)cc1C(N)c1cc(Br)cs1. The number of halogens is 2. The van der Waals surface area contributed by atoms with Gasteiger partial charge in [0, 0.05) is 26.5 Å². The Hall–Kier alpha value is -0.620. The first kappa shape index (κ1) is 11.9. The summed E-state index contributed by atoms with van der Waals surface area (Å²) in [7, 11) is 0. The number of nitrogens with two attached hydrogens (primary N) is 2. The molecule has 0 spiro atoms. The van der Waals surface area contributed by atoms with E-state index in [-0.39, 0.29) is 6.04 Å². The molecule has 2 aromatic heterocycles. The number of nitrogens with zero attached hydrogens (tertiary/aromatic N) is 1. The van der Waals surface area contributed by atoms with E-state index in [2.05, 4.69) is 20.9 Å². The summed E-state index contributed by atoms with van der Waals surface area (Å²) in [5.74, 6) is 0.418. The Labute approximate surface area is 111 Å². The lowest BCUT2D eigenvalue weighted by molar-refractivity contribution is 0.888. The third-order valence-electron chi connectivity index (χ3n) is 2.15. The van der Waals surface area contributed by atoms with E-state index in [1.54, 1.807) is 17.4 Å². The third-order valence-corrected chi connectivity index (χ3v) is 4.13. The first-order chi connectivity index (χ1) is 7.58. The molecule has 2 rings (SSSR count). The Bertz CT molecular complexity index is 515. The van der Waals surface area contributed by atoms with E-state index in [1.165, 1.54) is 6.20 Å². The monoisotopic (exact) mass is 317 g/mol. The van der Waals surface area contributed by atoms with E-state index in [1.807, 2.05) is 11.4 Å². The first-order valence-corrected chi connectivity index (χ1v) is 6.53. The second-order valence-electron chi connectivity index (χ2n) is 3.27. The van der Waals surface area contributed by atoms with Crippen molar-refractivity contribution in [2.45, 2.75) is 6.04 Å². The van der Waals surface area contributed by atoms with E-state index in [9.17, 15) is 0 Å². The van der Waals surface area contributed by atoms with Gasteiger partial charge in [-0.3, -0.25) is 0 Å². The summed E-state index contributed by atoms with van der Waals surface area (Å²) in [4.78, 5) is 5.01. The Morgan fingerprint density at radius 1 is 1.44 bits per heavy atom. The molecule has 0 radical (unpaired) electrons. The Balaban J connectivity index is 2.40. The molecule has 0 aliphatic carbocycles. The molecule has 2 heterocycles. The van der Waals surface area contributed by atoms with Crippen LogP contribution < -0.4 is 11.5 Å². The zero-order chi connectivity index (χ0) is 11.7. The average molecular weight is 319 g/mol. The number of thiophene rings is 1. The summed E-state index contributed by atoms with van der Waals surface area (Å²) in [5, 5.41) is 2.51. The maximum Gasteiger partial charge on any atom is 0.128 e. The van der Waals surface area contributed by atoms with Crippen molar-refractivity contribution >= 4 is 44.7 Å². The molecule has 2 aromatic rings. The van der Waals surface area contributed by atoms with Crippen molar-refractivity contribution in [3.8, 4) is 0 Å². The van der Waals surface area contributed by atoms with Gasteiger partial charge < -0.3 is 11.5 Å². The minimum Gasteiger partial charge on any atom is -0.383 e. The first-order valence-electron chi connectivity index (χ1n) is 4.48. The predicted octanol–water partition coefficient (Wildman–Crippen LogP) is 3.19. The van der Waals surface area contributed by atoms with Gasteiger partial charge in [0.2, 0.25) is 0 Å².